The average Bonchev–Trinajstić information content (AvgIpc) is 3.48. The van der Waals surface area contributed by atoms with Crippen LogP contribution in [0.5, 0.6) is 0 Å². The van der Waals surface area contributed by atoms with Gasteiger partial charge in [-0.1, -0.05) is 231 Å². The molecule has 0 radical (unpaired) electrons. The van der Waals surface area contributed by atoms with Crippen molar-refractivity contribution in [3.05, 3.63) is 303 Å². The highest BCUT2D eigenvalue weighted by Crippen LogP contribution is 2.44. The lowest BCUT2D eigenvalue weighted by Gasteiger charge is -2.28. The molecule has 0 aliphatic heterocycles. The lowest BCUT2D eigenvalue weighted by Crippen LogP contribution is -2.11. The number of hydrogen-bond donors (Lipinski definition) is 0. The van der Waals surface area contributed by atoms with E-state index in [1.165, 1.54) is 76.8 Å². The van der Waals surface area contributed by atoms with Gasteiger partial charge >= 0.3 is 0 Å². The third kappa shape index (κ3) is 8.55. The lowest BCUT2D eigenvalue weighted by molar-refractivity contribution is 1.28. The second-order valence-electron chi connectivity index (χ2n) is 18.9. The Morgan fingerprint density at radius 2 is 0.500 bits per heavy atom. The molecule has 0 aliphatic rings. The summed E-state index contributed by atoms with van der Waals surface area (Å²) in [5.74, 6) is 0. The van der Waals surface area contributed by atoms with E-state index in [-0.39, 0.29) is 0 Å². The minimum atomic E-state index is 1.08. The van der Waals surface area contributed by atoms with Gasteiger partial charge in [0.1, 0.15) is 0 Å². The van der Waals surface area contributed by atoms with Gasteiger partial charge in [0.05, 0.1) is 5.69 Å². The highest BCUT2D eigenvalue weighted by molar-refractivity contribution is 6.01. The third-order valence-corrected chi connectivity index (χ3v) is 14.4. The van der Waals surface area contributed by atoms with Crippen molar-refractivity contribution in [2.24, 2.45) is 0 Å². The van der Waals surface area contributed by atoms with E-state index in [2.05, 4.69) is 313 Å². The molecule has 2 nitrogen and oxygen atoms in total. The summed E-state index contributed by atoms with van der Waals surface area (Å²) in [7, 11) is 0. The summed E-state index contributed by atoms with van der Waals surface area (Å²) in [5.41, 5.74) is 18.4. The molecular formula is C72H50N2. The van der Waals surface area contributed by atoms with Crippen molar-refractivity contribution >= 4 is 66.4 Å². The lowest BCUT2D eigenvalue weighted by atomic mass is 9.96. The van der Waals surface area contributed by atoms with Gasteiger partial charge in [-0.25, -0.2) is 0 Å². The van der Waals surface area contributed by atoms with Gasteiger partial charge in [0, 0.05) is 33.8 Å². The zero-order valence-electron chi connectivity index (χ0n) is 40.8. The van der Waals surface area contributed by atoms with Crippen LogP contribution in [0.25, 0.3) is 88.0 Å². The predicted molar refractivity (Wildman–Crippen MR) is 316 cm³/mol. The Morgan fingerprint density at radius 3 is 0.946 bits per heavy atom. The predicted octanol–water partition coefficient (Wildman–Crippen LogP) is 20.4. The average molecular weight is 943 g/mol. The van der Waals surface area contributed by atoms with E-state index in [0.717, 1.165) is 45.3 Å². The van der Waals surface area contributed by atoms with Crippen LogP contribution in [0.4, 0.5) is 34.1 Å². The van der Waals surface area contributed by atoms with Gasteiger partial charge < -0.3 is 9.80 Å². The Balaban J connectivity index is 0.875. The zero-order valence-corrected chi connectivity index (χ0v) is 40.8. The molecule has 2 heteroatoms. The molecule has 0 saturated heterocycles. The summed E-state index contributed by atoms with van der Waals surface area (Å²) in [5, 5.41) is 7.38. The quantitative estimate of drug-likeness (QED) is 0.127. The highest BCUT2D eigenvalue weighted by Gasteiger charge is 2.19. The molecule has 0 saturated carbocycles. The monoisotopic (exact) mass is 942 g/mol. The first kappa shape index (κ1) is 44.2. The van der Waals surface area contributed by atoms with Gasteiger partial charge in [0.2, 0.25) is 0 Å². The smallest absolute Gasteiger partial charge is 0.0540 e. The van der Waals surface area contributed by atoms with Crippen molar-refractivity contribution in [1.82, 2.24) is 0 Å². The number of anilines is 6. The van der Waals surface area contributed by atoms with E-state index in [0.29, 0.717) is 0 Å². The van der Waals surface area contributed by atoms with E-state index in [9.17, 15) is 0 Å². The summed E-state index contributed by atoms with van der Waals surface area (Å²) in [4.78, 5) is 4.78. The number of fused-ring (bicyclic) bond motifs is 3. The molecule has 0 bridgehead atoms. The molecule has 348 valence electrons. The molecule has 0 aromatic heterocycles. The number of rotatable bonds is 11. The van der Waals surface area contributed by atoms with Crippen LogP contribution in [0.1, 0.15) is 0 Å². The Kier molecular flexibility index (Phi) is 11.6. The van der Waals surface area contributed by atoms with Crippen LogP contribution in [-0.2, 0) is 0 Å². The van der Waals surface area contributed by atoms with Crippen LogP contribution >= 0.6 is 0 Å². The maximum absolute atomic E-state index is 2.42. The molecule has 0 heterocycles. The van der Waals surface area contributed by atoms with Gasteiger partial charge in [0.25, 0.3) is 0 Å². The van der Waals surface area contributed by atoms with Gasteiger partial charge in [-0.15, -0.1) is 0 Å². The molecular weight excluding hydrogens is 893 g/mol. The largest absolute Gasteiger partial charge is 0.311 e. The maximum atomic E-state index is 2.42. The molecule has 0 spiro atoms. The molecule has 74 heavy (non-hydrogen) atoms. The van der Waals surface area contributed by atoms with E-state index in [4.69, 9.17) is 0 Å². The Labute approximate surface area is 433 Å². The van der Waals surface area contributed by atoms with Gasteiger partial charge in [-0.2, -0.15) is 0 Å². The molecule has 0 amide bonds. The standard InChI is InChI=1S/C72H50N2/c1-3-16-51(17-4-1)60-48-61(52-18-5-2-6-19-52)50-66(49-60)74(72-31-15-25-57-22-9-12-28-71(57)72)65-42-34-54(35-43-65)53-32-40-62(41-33-53)73(63-44-36-58(37-45-63)69-29-13-23-55-20-7-10-26-67(55)69)64-46-38-59(39-47-64)70-30-14-24-56-21-8-11-27-68(56)70/h1-50H. The van der Waals surface area contributed by atoms with Crippen molar-refractivity contribution in [2.45, 2.75) is 0 Å². The van der Waals surface area contributed by atoms with Crippen molar-refractivity contribution < 1.29 is 0 Å². The van der Waals surface area contributed by atoms with E-state index >= 15 is 0 Å². The SMILES string of the molecule is c1ccc(-c2cc(-c3ccccc3)cc(N(c3ccc(-c4ccc(N(c5ccc(-c6cccc7ccccc67)cc5)c5ccc(-c6cccc7ccccc67)cc5)cc4)cc3)c3cccc4ccccc34)c2)cc1. The van der Waals surface area contributed by atoms with Gasteiger partial charge in [-0.3, -0.25) is 0 Å². The summed E-state index contributed by atoms with van der Waals surface area (Å²) in [6, 6.07) is 110. The summed E-state index contributed by atoms with van der Waals surface area (Å²) in [6.07, 6.45) is 0. The molecule has 13 aromatic carbocycles. The molecule has 0 aliphatic carbocycles. The van der Waals surface area contributed by atoms with Crippen LogP contribution in [0, 0.1) is 0 Å². The van der Waals surface area contributed by atoms with Crippen molar-refractivity contribution in [1.29, 1.82) is 0 Å². The Hall–Kier alpha value is -9.76. The zero-order chi connectivity index (χ0) is 49.2. The third-order valence-electron chi connectivity index (χ3n) is 14.4. The van der Waals surface area contributed by atoms with Gasteiger partial charge in [-0.05, 0) is 155 Å². The molecule has 0 fully saturated rings. The van der Waals surface area contributed by atoms with Crippen molar-refractivity contribution in [3.63, 3.8) is 0 Å². The fourth-order valence-corrected chi connectivity index (χ4v) is 10.8. The minimum Gasteiger partial charge on any atom is -0.311 e. The Morgan fingerprint density at radius 1 is 0.176 bits per heavy atom. The number of nitrogens with zero attached hydrogens (tertiary/aromatic N) is 2. The number of hydrogen-bond acceptors (Lipinski definition) is 2. The first-order chi connectivity index (χ1) is 36.7. The molecule has 0 unspecified atom stereocenters. The van der Waals surface area contributed by atoms with E-state index in [1.54, 1.807) is 0 Å². The molecule has 0 atom stereocenters. The first-order valence-corrected chi connectivity index (χ1v) is 25.4. The minimum absolute atomic E-state index is 1.08. The second kappa shape index (κ2) is 19.4. The maximum Gasteiger partial charge on any atom is 0.0540 e. The van der Waals surface area contributed by atoms with E-state index in [1.807, 2.05) is 0 Å². The molecule has 13 rings (SSSR count). The normalized spacial score (nSPS) is 11.2. The van der Waals surface area contributed by atoms with Crippen LogP contribution in [0.15, 0.2) is 303 Å². The van der Waals surface area contributed by atoms with E-state index < -0.39 is 0 Å². The Bertz CT molecular complexity index is 3890. The summed E-state index contributed by atoms with van der Waals surface area (Å²) < 4.78 is 0. The topological polar surface area (TPSA) is 6.48 Å². The molecule has 13 aromatic rings. The van der Waals surface area contributed by atoms with Gasteiger partial charge in [0.15, 0.2) is 0 Å². The van der Waals surface area contributed by atoms with Crippen LogP contribution in [0.3, 0.4) is 0 Å². The summed E-state index contributed by atoms with van der Waals surface area (Å²) in [6.45, 7) is 0. The van der Waals surface area contributed by atoms with Crippen LogP contribution < -0.4 is 9.80 Å². The fraction of sp³-hybridized carbons (Fsp3) is 0. The highest BCUT2D eigenvalue weighted by atomic mass is 15.1. The first-order valence-electron chi connectivity index (χ1n) is 25.4. The molecule has 0 N–H and O–H groups in total. The second-order valence-corrected chi connectivity index (χ2v) is 18.9. The summed E-state index contributed by atoms with van der Waals surface area (Å²) >= 11 is 0. The van der Waals surface area contributed by atoms with Crippen molar-refractivity contribution in [2.75, 3.05) is 9.80 Å². The van der Waals surface area contributed by atoms with Crippen LogP contribution in [0.2, 0.25) is 0 Å². The van der Waals surface area contributed by atoms with Crippen LogP contribution in [-0.4, -0.2) is 0 Å². The number of benzene rings is 13. The fourth-order valence-electron chi connectivity index (χ4n) is 10.8. The van der Waals surface area contributed by atoms with Crippen molar-refractivity contribution in [3.8, 4) is 55.6 Å².